The van der Waals surface area contributed by atoms with Crippen LogP contribution in [0.3, 0.4) is 0 Å². The molecule has 0 radical (unpaired) electrons. The summed E-state index contributed by atoms with van der Waals surface area (Å²) in [5.41, 5.74) is 1.57. The minimum Gasteiger partial charge on any atom is -0.465 e. The Labute approximate surface area is 106 Å². The molecule has 0 unspecified atom stereocenters. The fourth-order valence-corrected chi connectivity index (χ4v) is 1.57. The summed E-state index contributed by atoms with van der Waals surface area (Å²) in [5.74, 6) is 1.15. The topological polar surface area (TPSA) is 35.5 Å². The molecule has 2 aromatic rings. The molecule has 92 valence electrons. The molecule has 0 bridgehead atoms. The Morgan fingerprint density at radius 1 is 1.00 bits per heavy atom. The van der Waals surface area contributed by atoms with Gasteiger partial charge in [-0.3, -0.25) is 0 Å². The molecule has 2 rings (SSSR count). The highest BCUT2D eigenvalue weighted by atomic mass is 16.5. The molecule has 18 heavy (non-hydrogen) atoms. The molecule has 0 saturated heterocycles. The van der Waals surface area contributed by atoms with Gasteiger partial charge in [0, 0.05) is 0 Å². The Balaban J connectivity index is 2.16. The summed E-state index contributed by atoms with van der Waals surface area (Å²) in [6.45, 7) is 1.98. The Hall–Kier alpha value is -2.29. The summed E-state index contributed by atoms with van der Waals surface area (Å²) in [6.07, 6.45) is 0. The number of carbonyl (C=O) groups is 1. The van der Waals surface area contributed by atoms with E-state index in [1.165, 1.54) is 7.11 Å². The molecule has 2 aromatic carbocycles. The number of methoxy groups -OCH3 is 1. The van der Waals surface area contributed by atoms with Gasteiger partial charge in [-0.2, -0.15) is 0 Å². The van der Waals surface area contributed by atoms with Gasteiger partial charge < -0.3 is 9.47 Å². The lowest BCUT2D eigenvalue weighted by atomic mass is 10.2. The number of benzene rings is 2. The van der Waals surface area contributed by atoms with E-state index in [4.69, 9.17) is 4.74 Å². The lowest BCUT2D eigenvalue weighted by molar-refractivity contribution is 0.0600. The first kappa shape index (κ1) is 12.2. The van der Waals surface area contributed by atoms with Crippen molar-refractivity contribution in [2.24, 2.45) is 0 Å². The van der Waals surface area contributed by atoms with Crippen LogP contribution in [-0.4, -0.2) is 13.1 Å². The fourth-order valence-electron chi connectivity index (χ4n) is 1.57. The van der Waals surface area contributed by atoms with Gasteiger partial charge in [-0.25, -0.2) is 4.79 Å². The highest BCUT2D eigenvalue weighted by molar-refractivity contribution is 5.89. The minimum atomic E-state index is -0.350. The SMILES string of the molecule is COC(=O)c1ccc(Oc2ccccc2C)cc1. The lowest BCUT2D eigenvalue weighted by Gasteiger charge is -2.08. The molecule has 0 amide bonds. The second kappa shape index (κ2) is 5.36. The lowest BCUT2D eigenvalue weighted by Crippen LogP contribution is -2.00. The van der Waals surface area contributed by atoms with Gasteiger partial charge >= 0.3 is 5.97 Å². The number of ether oxygens (including phenoxy) is 2. The zero-order chi connectivity index (χ0) is 13.0. The van der Waals surface area contributed by atoms with Crippen LogP contribution in [0.15, 0.2) is 48.5 Å². The van der Waals surface area contributed by atoms with Crippen molar-refractivity contribution in [2.45, 2.75) is 6.92 Å². The van der Waals surface area contributed by atoms with E-state index in [1.54, 1.807) is 24.3 Å². The quantitative estimate of drug-likeness (QED) is 0.772. The maximum absolute atomic E-state index is 11.3. The molecule has 0 aliphatic rings. The number of hydrogen-bond acceptors (Lipinski definition) is 3. The second-order valence-electron chi connectivity index (χ2n) is 3.88. The molecule has 3 heteroatoms. The third-order valence-corrected chi connectivity index (χ3v) is 2.60. The van der Waals surface area contributed by atoms with E-state index < -0.39 is 0 Å². The highest BCUT2D eigenvalue weighted by Crippen LogP contribution is 2.24. The van der Waals surface area contributed by atoms with E-state index in [9.17, 15) is 4.79 Å². The van der Waals surface area contributed by atoms with Crippen molar-refractivity contribution in [1.29, 1.82) is 0 Å². The van der Waals surface area contributed by atoms with Gasteiger partial charge in [0.25, 0.3) is 0 Å². The summed E-state index contributed by atoms with van der Waals surface area (Å²) >= 11 is 0. The van der Waals surface area contributed by atoms with E-state index in [-0.39, 0.29) is 5.97 Å². The van der Waals surface area contributed by atoms with Crippen LogP contribution < -0.4 is 4.74 Å². The van der Waals surface area contributed by atoms with Gasteiger partial charge in [-0.15, -0.1) is 0 Å². The van der Waals surface area contributed by atoms with Crippen molar-refractivity contribution in [3.63, 3.8) is 0 Å². The number of esters is 1. The van der Waals surface area contributed by atoms with Gasteiger partial charge in [0.15, 0.2) is 0 Å². The monoisotopic (exact) mass is 242 g/mol. The van der Waals surface area contributed by atoms with Gasteiger partial charge in [0.1, 0.15) is 11.5 Å². The highest BCUT2D eigenvalue weighted by Gasteiger charge is 2.05. The van der Waals surface area contributed by atoms with Gasteiger partial charge in [-0.05, 0) is 42.8 Å². The van der Waals surface area contributed by atoms with Crippen LogP contribution in [0.1, 0.15) is 15.9 Å². The van der Waals surface area contributed by atoms with Gasteiger partial charge in [-0.1, -0.05) is 18.2 Å². The number of hydrogen-bond donors (Lipinski definition) is 0. The average Bonchev–Trinajstić information content (AvgIpc) is 2.41. The van der Waals surface area contributed by atoms with Crippen molar-refractivity contribution in [3.8, 4) is 11.5 Å². The first-order chi connectivity index (χ1) is 8.70. The zero-order valence-corrected chi connectivity index (χ0v) is 10.3. The van der Waals surface area contributed by atoms with Crippen LogP contribution in [0.5, 0.6) is 11.5 Å². The Morgan fingerprint density at radius 3 is 2.28 bits per heavy atom. The van der Waals surface area contributed by atoms with E-state index in [0.29, 0.717) is 11.3 Å². The third-order valence-electron chi connectivity index (χ3n) is 2.60. The molecular weight excluding hydrogens is 228 g/mol. The zero-order valence-electron chi connectivity index (χ0n) is 10.3. The van der Waals surface area contributed by atoms with Crippen LogP contribution in [-0.2, 0) is 4.74 Å². The number of aryl methyl sites for hydroxylation is 1. The molecule has 0 N–H and O–H groups in total. The van der Waals surface area contributed by atoms with Gasteiger partial charge in [0.05, 0.1) is 12.7 Å². The smallest absolute Gasteiger partial charge is 0.337 e. The van der Waals surface area contributed by atoms with Crippen LogP contribution in [0, 0.1) is 6.92 Å². The van der Waals surface area contributed by atoms with E-state index in [1.807, 2.05) is 31.2 Å². The maximum atomic E-state index is 11.3. The van der Waals surface area contributed by atoms with Crippen molar-refractivity contribution in [3.05, 3.63) is 59.7 Å². The predicted octanol–water partition coefficient (Wildman–Crippen LogP) is 3.57. The van der Waals surface area contributed by atoms with E-state index in [0.717, 1.165) is 11.3 Å². The summed E-state index contributed by atoms with van der Waals surface area (Å²) in [6, 6.07) is 14.6. The summed E-state index contributed by atoms with van der Waals surface area (Å²) in [4.78, 5) is 11.3. The molecule has 0 saturated carbocycles. The predicted molar refractivity (Wildman–Crippen MR) is 69.0 cm³/mol. The van der Waals surface area contributed by atoms with Crippen LogP contribution in [0.25, 0.3) is 0 Å². The van der Waals surface area contributed by atoms with Crippen molar-refractivity contribution < 1.29 is 14.3 Å². The fraction of sp³-hybridized carbons (Fsp3) is 0.133. The summed E-state index contributed by atoms with van der Waals surface area (Å²) in [7, 11) is 1.36. The molecule has 3 nitrogen and oxygen atoms in total. The number of rotatable bonds is 3. The summed E-state index contributed by atoms with van der Waals surface area (Å²) < 4.78 is 10.4. The summed E-state index contributed by atoms with van der Waals surface area (Å²) in [5, 5.41) is 0. The normalized spacial score (nSPS) is 9.89. The molecule has 0 fully saturated rings. The third kappa shape index (κ3) is 2.69. The first-order valence-electron chi connectivity index (χ1n) is 5.62. The molecule has 0 heterocycles. The molecule has 0 spiro atoms. The first-order valence-corrected chi connectivity index (χ1v) is 5.62. The van der Waals surface area contributed by atoms with Crippen molar-refractivity contribution >= 4 is 5.97 Å². The molecule has 0 atom stereocenters. The van der Waals surface area contributed by atoms with Crippen molar-refractivity contribution in [2.75, 3.05) is 7.11 Å². The minimum absolute atomic E-state index is 0.350. The van der Waals surface area contributed by atoms with E-state index in [2.05, 4.69) is 4.74 Å². The molecular formula is C15H14O3. The molecule has 0 aromatic heterocycles. The van der Waals surface area contributed by atoms with E-state index >= 15 is 0 Å². The largest absolute Gasteiger partial charge is 0.465 e. The standard InChI is InChI=1S/C15H14O3/c1-11-5-3-4-6-14(11)18-13-9-7-12(8-10-13)15(16)17-2/h3-10H,1-2H3. The van der Waals surface area contributed by atoms with Crippen LogP contribution in [0.4, 0.5) is 0 Å². The Bertz CT molecular complexity index is 544. The maximum Gasteiger partial charge on any atom is 0.337 e. The Morgan fingerprint density at radius 2 is 1.67 bits per heavy atom. The molecule has 0 aliphatic carbocycles. The number of carbonyl (C=O) groups excluding carboxylic acids is 1. The Kier molecular flexibility index (Phi) is 3.63. The molecule has 0 aliphatic heterocycles. The average molecular weight is 242 g/mol. The van der Waals surface area contributed by atoms with Crippen LogP contribution in [0.2, 0.25) is 0 Å². The van der Waals surface area contributed by atoms with Gasteiger partial charge in [0.2, 0.25) is 0 Å². The second-order valence-corrected chi connectivity index (χ2v) is 3.88. The van der Waals surface area contributed by atoms with Crippen LogP contribution >= 0.6 is 0 Å². The van der Waals surface area contributed by atoms with Crippen molar-refractivity contribution in [1.82, 2.24) is 0 Å². The number of para-hydroxylation sites is 1.